The Balaban J connectivity index is 2.78. The number of hydrogen-bond acceptors (Lipinski definition) is 3. The molecule has 1 fully saturated rings. The van der Waals surface area contributed by atoms with Gasteiger partial charge in [0.25, 0.3) is 0 Å². The topological polar surface area (TPSA) is 49.8 Å². The van der Waals surface area contributed by atoms with E-state index in [1.54, 1.807) is 0 Å². The third-order valence-corrected chi connectivity index (χ3v) is 4.00. The third kappa shape index (κ3) is 6.25. The molecule has 0 aromatic rings. The van der Waals surface area contributed by atoms with Crippen LogP contribution < -0.4 is 0 Å². The van der Waals surface area contributed by atoms with E-state index < -0.39 is 11.7 Å². The second-order valence-electron chi connectivity index (χ2n) is 8.29. The molecular formula is C17H33NO3. The molecule has 0 bridgehead atoms. The van der Waals surface area contributed by atoms with Crippen LogP contribution in [-0.2, 0) is 4.74 Å². The lowest BCUT2D eigenvalue weighted by molar-refractivity contribution is -0.00199. The highest BCUT2D eigenvalue weighted by Crippen LogP contribution is 2.28. The van der Waals surface area contributed by atoms with E-state index in [0.29, 0.717) is 6.42 Å². The van der Waals surface area contributed by atoms with Gasteiger partial charge in [0.05, 0.1) is 6.10 Å². The molecule has 0 spiro atoms. The first-order valence-electron chi connectivity index (χ1n) is 8.18. The number of rotatable bonds is 2. The van der Waals surface area contributed by atoms with Gasteiger partial charge >= 0.3 is 6.09 Å². The first-order valence-corrected chi connectivity index (χ1v) is 8.18. The molecule has 0 aliphatic carbocycles. The molecule has 1 N–H and O–H groups in total. The molecule has 1 rings (SSSR count). The van der Waals surface area contributed by atoms with Crippen molar-refractivity contribution in [2.24, 2.45) is 5.41 Å². The van der Waals surface area contributed by atoms with Gasteiger partial charge in [-0.3, -0.25) is 0 Å². The summed E-state index contributed by atoms with van der Waals surface area (Å²) < 4.78 is 5.54. The standard InChI is InChI=1S/C17H33NO3/c1-16(2,3)14(19)12-13-10-8-7-9-11-18(13)15(20)21-17(4,5)6/h13-14,19H,7-12H2,1-6H3. The maximum Gasteiger partial charge on any atom is 0.410 e. The van der Waals surface area contributed by atoms with Gasteiger partial charge in [0, 0.05) is 12.6 Å². The fourth-order valence-electron chi connectivity index (χ4n) is 2.59. The summed E-state index contributed by atoms with van der Waals surface area (Å²) in [5, 5.41) is 10.4. The van der Waals surface area contributed by atoms with Gasteiger partial charge < -0.3 is 14.7 Å². The Labute approximate surface area is 129 Å². The average Bonchev–Trinajstić information content (AvgIpc) is 2.50. The molecule has 21 heavy (non-hydrogen) atoms. The van der Waals surface area contributed by atoms with Crippen molar-refractivity contribution < 1.29 is 14.6 Å². The number of ether oxygens (including phenoxy) is 1. The summed E-state index contributed by atoms with van der Waals surface area (Å²) in [7, 11) is 0. The van der Waals surface area contributed by atoms with Gasteiger partial charge in [-0.15, -0.1) is 0 Å². The summed E-state index contributed by atoms with van der Waals surface area (Å²) >= 11 is 0. The van der Waals surface area contributed by atoms with Crippen molar-refractivity contribution in [3.8, 4) is 0 Å². The van der Waals surface area contributed by atoms with Crippen LogP contribution in [-0.4, -0.2) is 40.4 Å². The van der Waals surface area contributed by atoms with E-state index in [-0.39, 0.29) is 17.6 Å². The lowest BCUT2D eigenvalue weighted by Gasteiger charge is -2.36. The Bertz CT molecular complexity index is 341. The predicted molar refractivity (Wildman–Crippen MR) is 85.3 cm³/mol. The summed E-state index contributed by atoms with van der Waals surface area (Å²) in [5.41, 5.74) is -0.636. The summed E-state index contributed by atoms with van der Waals surface area (Å²) in [4.78, 5) is 14.3. The van der Waals surface area contributed by atoms with Gasteiger partial charge in [0.15, 0.2) is 0 Å². The molecule has 4 nitrogen and oxygen atoms in total. The number of amides is 1. The molecule has 1 aliphatic heterocycles. The lowest BCUT2D eigenvalue weighted by atomic mass is 9.84. The zero-order valence-corrected chi connectivity index (χ0v) is 14.6. The molecular weight excluding hydrogens is 266 g/mol. The first kappa shape index (κ1) is 18.3. The zero-order valence-electron chi connectivity index (χ0n) is 14.6. The molecule has 1 aliphatic rings. The van der Waals surface area contributed by atoms with Crippen molar-refractivity contribution in [2.75, 3.05) is 6.54 Å². The smallest absolute Gasteiger partial charge is 0.410 e. The van der Waals surface area contributed by atoms with Crippen LogP contribution >= 0.6 is 0 Å². The molecule has 0 aromatic heterocycles. The summed E-state index contributed by atoms with van der Waals surface area (Å²) in [6, 6.07) is 0.0802. The Morgan fingerprint density at radius 2 is 1.81 bits per heavy atom. The van der Waals surface area contributed by atoms with Crippen LogP contribution in [0.3, 0.4) is 0 Å². The minimum atomic E-state index is -0.476. The molecule has 1 heterocycles. The summed E-state index contributed by atoms with van der Waals surface area (Å²) in [6.07, 6.45) is 4.19. The van der Waals surface area contributed by atoms with E-state index in [4.69, 9.17) is 4.74 Å². The number of carbonyl (C=O) groups excluding carboxylic acids is 1. The number of aliphatic hydroxyl groups excluding tert-OH is 1. The fraction of sp³-hybridized carbons (Fsp3) is 0.941. The summed E-state index contributed by atoms with van der Waals surface area (Å²) in [5.74, 6) is 0. The lowest BCUT2D eigenvalue weighted by Crippen LogP contribution is -2.45. The Hall–Kier alpha value is -0.770. The Kier molecular flexibility index (Phi) is 6.09. The van der Waals surface area contributed by atoms with Crippen LogP contribution in [0.15, 0.2) is 0 Å². The summed E-state index contributed by atoms with van der Waals surface area (Å²) in [6.45, 7) is 12.5. The number of hydrogen-bond donors (Lipinski definition) is 1. The predicted octanol–water partition coefficient (Wildman–Crippen LogP) is 3.96. The number of nitrogens with zero attached hydrogens (tertiary/aromatic N) is 1. The minimum Gasteiger partial charge on any atom is -0.444 e. The van der Waals surface area contributed by atoms with E-state index in [2.05, 4.69) is 0 Å². The molecule has 2 atom stereocenters. The third-order valence-electron chi connectivity index (χ3n) is 4.00. The van der Waals surface area contributed by atoms with Crippen molar-refractivity contribution >= 4 is 6.09 Å². The number of carbonyl (C=O) groups is 1. The van der Waals surface area contributed by atoms with Crippen LogP contribution in [0.4, 0.5) is 4.79 Å². The molecule has 0 aromatic carbocycles. The van der Waals surface area contributed by atoms with E-state index in [1.165, 1.54) is 0 Å². The normalized spacial score (nSPS) is 22.6. The largest absolute Gasteiger partial charge is 0.444 e. The second-order valence-corrected chi connectivity index (χ2v) is 8.29. The number of aliphatic hydroxyl groups is 1. The molecule has 1 amide bonds. The molecule has 2 unspecified atom stereocenters. The van der Waals surface area contributed by atoms with Gasteiger partial charge in [-0.25, -0.2) is 4.79 Å². The van der Waals surface area contributed by atoms with Gasteiger partial charge in [-0.05, 0) is 45.4 Å². The highest BCUT2D eigenvalue weighted by atomic mass is 16.6. The quantitative estimate of drug-likeness (QED) is 0.839. The van der Waals surface area contributed by atoms with Crippen LogP contribution in [0.2, 0.25) is 0 Å². The van der Waals surface area contributed by atoms with Gasteiger partial charge in [-0.1, -0.05) is 33.6 Å². The van der Waals surface area contributed by atoms with Crippen molar-refractivity contribution in [3.05, 3.63) is 0 Å². The van der Waals surface area contributed by atoms with Crippen molar-refractivity contribution in [1.82, 2.24) is 4.90 Å². The van der Waals surface area contributed by atoms with Crippen LogP contribution in [0.1, 0.15) is 73.6 Å². The van der Waals surface area contributed by atoms with Gasteiger partial charge in [0.2, 0.25) is 0 Å². The molecule has 1 saturated heterocycles. The SMILES string of the molecule is CC(C)(C)OC(=O)N1CCCCCC1CC(O)C(C)(C)C. The highest BCUT2D eigenvalue weighted by molar-refractivity contribution is 5.68. The maximum absolute atomic E-state index is 12.4. The second kappa shape index (κ2) is 6.99. The molecule has 4 heteroatoms. The first-order chi connectivity index (χ1) is 9.50. The average molecular weight is 299 g/mol. The van der Waals surface area contributed by atoms with E-state index >= 15 is 0 Å². The number of likely N-dealkylation sites (tertiary alicyclic amines) is 1. The van der Waals surface area contributed by atoms with Crippen molar-refractivity contribution in [2.45, 2.75) is 91.4 Å². The Morgan fingerprint density at radius 1 is 1.19 bits per heavy atom. The molecule has 0 saturated carbocycles. The van der Waals surface area contributed by atoms with E-state index in [0.717, 1.165) is 32.2 Å². The maximum atomic E-state index is 12.4. The van der Waals surface area contributed by atoms with Crippen LogP contribution in [0, 0.1) is 5.41 Å². The van der Waals surface area contributed by atoms with Gasteiger partial charge in [-0.2, -0.15) is 0 Å². The van der Waals surface area contributed by atoms with Gasteiger partial charge in [0.1, 0.15) is 5.60 Å². The van der Waals surface area contributed by atoms with Crippen molar-refractivity contribution in [1.29, 1.82) is 0 Å². The molecule has 124 valence electrons. The van der Waals surface area contributed by atoms with Crippen LogP contribution in [0.5, 0.6) is 0 Å². The highest BCUT2D eigenvalue weighted by Gasteiger charge is 2.33. The van der Waals surface area contributed by atoms with Crippen LogP contribution in [0.25, 0.3) is 0 Å². The van der Waals surface area contributed by atoms with E-state index in [9.17, 15) is 9.90 Å². The minimum absolute atomic E-state index is 0.0802. The molecule has 0 radical (unpaired) electrons. The monoisotopic (exact) mass is 299 g/mol. The van der Waals surface area contributed by atoms with Crippen molar-refractivity contribution in [3.63, 3.8) is 0 Å². The Morgan fingerprint density at radius 3 is 2.33 bits per heavy atom. The van der Waals surface area contributed by atoms with E-state index in [1.807, 2.05) is 46.4 Å². The zero-order chi connectivity index (χ0) is 16.3. The fourth-order valence-corrected chi connectivity index (χ4v) is 2.59.